The van der Waals surface area contributed by atoms with Gasteiger partial charge in [-0.1, -0.05) is 12.1 Å². The van der Waals surface area contributed by atoms with Gasteiger partial charge < -0.3 is 15.2 Å². The molecule has 0 aliphatic heterocycles. The summed E-state index contributed by atoms with van der Waals surface area (Å²) in [6, 6.07) is 7.26. The average molecular weight is 286 g/mol. The van der Waals surface area contributed by atoms with Gasteiger partial charge in [-0.3, -0.25) is 4.98 Å². The molecule has 2 N–H and O–H groups in total. The fraction of sp³-hybridized carbons (Fsp3) is 0.231. The van der Waals surface area contributed by atoms with Crippen molar-refractivity contribution in [1.82, 2.24) is 25.0 Å². The van der Waals surface area contributed by atoms with Crippen molar-refractivity contribution in [3.8, 4) is 5.75 Å². The minimum absolute atomic E-state index is 0.312. The van der Waals surface area contributed by atoms with Crippen LogP contribution in [0.1, 0.15) is 11.7 Å². The number of ether oxygens (including phenoxy) is 1. The van der Waals surface area contributed by atoms with Crippen molar-refractivity contribution >= 4 is 11.5 Å². The molecule has 0 saturated heterocycles. The van der Waals surface area contributed by atoms with Gasteiger partial charge in [-0.05, 0) is 28.1 Å². The molecule has 0 bridgehead atoms. The van der Waals surface area contributed by atoms with Crippen molar-refractivity contribution in [2.24, 2.45) is 0 Å². The van der Waals surface area contributed by atoms with Crippen LogP contribution in [0.15, 0.2) is 36.7 Å². The molecule has 0 radical (unpaired) electrons. The minimum atomic E-state index is -0.664. The van der Waals surface area contributed by atoms with E-state index in [1.54, 1.807) is 19.5 Å². The van der Waals surface area contributed by atoms with Gasteiger partial charge in [-0.2, -0.15) is 4.52 Å². The number of rotatable bonds is 5. The summed E-state index contributed by atoms with van der Waals surface area (Å²) < 4.78 is 6.61. The highest BCUT2D eigenvalue weighted by molar-refractivity contribution is 5.44. The van der Waals surface area contributed by atoms with Gasteiger partial charge in [-0.15, -0.1) is 5.10 Å². The van der Waals surface area contributed by atoms with Crippen molar-refractivity contribution in [2.45, 2.75) is 6.10 Å². The largest absolute Gasteiger partial charge is 0.497 e. The molecule has 108 valence electrons. The molecule has 0 aliphatic carbocycles. The van der Waals surface area contributed by atoms with Crippen LogP contribution in [0.25, 0.3) is 5.65 Å². The predicted molar refractivity (Wildman–Crippen MR) is 75.0 cm³/mol. The van der Waals surface area contributed by atoms with Crippen LogP contribution >= 0.6 is 0 Å². The van der Waals surface area contributed by atoms with Crippen LogP contribution in [0.3, 0.4) is 0 Å². The van der Waals surface area contributed by atoms with Gasteiger partial charge in [0.25, 0.3) is 0 Å². The van der Waals surface area contributed by atoms with Gasteiger partial charge in [0.15, 0.2) is 11.5 Å². The van der Waals surface area contributed by atoms with E-state index >= 15 is 0 Å². The van der Waals surface area contributed by atoms with Crippen molar-refractivity contribution in [2.75, 3.05) is 19.0 Å². The lowest BCUT2D eigenvalue weighted by Crippen LogP contribution is -2.14. The summed E-state index contributed by atoms with van der Waals surface area (Å²) in [6.45, 7) is 0.312. The highest BCUT2D eigenvalue weighted by Gasteiger charge is 2.09. The lowest BCUT2D eigenvalue weighted by molar-refractivity contribution is 0.191. The zero-order chi connectivity index (χ0) is 14.7. The van der Waals surface area contributed by atoms with Gasteiger partial charge in [-0.25, -0.2) is 0 Å². The fourth-order valence-corrected chi connectivity index (χ4v) is 1.94. The predicted octanol–water partition coefficient (Wildman–Crippen LogP) is 0.673. The number of fused-ring (bicyclic) bond motifs is 1. The molecule has 1 aromatic carbocycles. The Morgan fingerprint density at radius 1 is 1.29 bits per heavy atom. The standard InChI is InChI=1S/C13H14N6O2/c1-21-10-4-2-9(3-5-10)11(20)6-15-12-7-14-8-13-16-17-18-19(12)13/h2-5,7-8,11,15,20H,6H2,1H3/t11-/m0/s1. The molecule has 2 heterocycles. The smallest absolute Gasteiger partial charge is 0.199 e. The molecule has 3 aromatic rings. The Labute approximate surface area is 120 Å². The Kier molecular flexibility index (Phi) is 3.61. The van der Waals surface area contributed by atoms with E-state index in [4.69, 9.17) is 4.74 Å². The second kappa shape index (κ2) is 5.71. The highest BCUT2D eigenvalue weighted by Crippen LogP contribution is 2.18. The first kappa shape index (κ1) is 13.3. The van der Waals surface area contributed by atoms with Crippen molar-refractivity contribution in [3.05, 3.63) is 42.2 Å². The fourth-order valence-electron chi connectivity index (χ4n) is 1.94. The number of hydrogen-bond donors (Lipinski definition) is 2. The molecule has 0 saturated carbocycles. The molecule has 0 spiro atoms. The SMILES string of the molecule is COc1ccc([C@@H](O)CNc2cncc3nnnn23)cc1. The third kappa shape index (κ3) is 2.75. The van der Waals surface area contributed by atoms with E-state index in [9.17, 15) is 5.11 Å². The second-order valence-electron chi connectivity index (χ2n) is 4.41. The molecule has 2 aromatic heterocycles. The lowest BCUT2D eigenvalue weighted by atomic mass is 10.1. The number of hydrogen-bond acceptors (Lipinski definition) is 7. The molecule has 0 fully saturated rings. The quantitative estimate of drug-likeness (QED) is 0.711. The lowest BCUT2D eigenvalue weighted by Gasteiger charge is -2.13. The zero-order valence-electron chi connectivity index (χ0n) is 11.3. The number of anilines is 1. The summed E-state index contributed by atoms with van der Waals surface area (Å²) in [5.41, 5.74) is 1.33. The Balaban J connectivity index is 1.70. The van der Waals surface area contributed by atoms with Gasteiger partial charge in [0.1, 0.15) is 5.75 Å². The third-order valence-electron chi connectivity index (χ3n) is 3.09. The molecule has 1 atom stereocenters. The molecule has 3 rings (SSSR count). The summed E-state index contributed by atoms with van der Waals surface area (Å²) >= 11 is 0. The maximum Gasteiger partial charge on any atom is 0.199 e. The van der Waals surface area contributed by atoms with E-state index < -0.39 is 6.10 Å². The topological polar surface area (TPSA) is 97.5 Å². The van der Waals surface area contributed by atoms with Gasteiger partial charge in [0.05, 0.1) is 25.6 Å². The number of nitrogens with zero attached hydrogens (tertiary/aromatic N) is 5. The Hall–Kier alpha value is -2.74. The number of aliphatic hydroxyl groups is 1. The first-order valence-corrected chi connectivity index (χ1v) is 6.36. The number of aliphatic hydroxyl groups excluding tert-OH is 1. The third-order valence-corrected chi connectivity index (χ3v) is 3.09. The normalized spacial score (nSPS) is 12.3. The van der Waals surface area contributed by atoms with Gasteiger partial charge in [0, 0.05) is 6.54 Å². The molecule has 0 aliphatic rings. The highest BCUT2D eigenvalue weighted by atomic mass is 16.5. The van der Waals surface area contributed by atoms with E-state index in [-0.39, 0.29) is 0 Å². The van der Waals surface area contributed by atoms with Gasteiger partial charge in [0.2, 0.25) is 0 Å². The summed E-state index contributed by atoms with van der Waals surface area (Å²) in [7, 11) is 1.60. The summed E-state index contributed by atoms with van der Waals surface area (Å²) in [6.07, 6.45) is 2.50. The van der Waals surface area contributed by atoms with E-state index in [0.29, 0.717) is 18.0 Å². The van der Waals surface area contributed by atoms with Crippen LogP contribution in [-0.4, -0.2) is 43.8 Å². The second-order valence-corrected chi connectivity index (χ2v) is 4.41. The van der Waals surface area contributed by atoms with Gasteiger partial charge >= 0.3 is 0 Å². The minimum Gasteiger partial charge on any atom is -0.497 e. The Bertz CT molecular complexity index is 727. The molecule has 0 amide bonds. The van der Waals surface area contributed by atoms with Crippen LogP contribution in [-0.2, 0) is 0 Å². The maximum absolute atomic E-state index is 10.2. The molecule has 0 unspecified atom stereocenters. The van der Waals surface area contributed by atoms with Crippen LogP contribution in [0.4, 0.5) is 5.82 Å². The molecular weight excluding hydrogens is 272 g/mol. The average Bonchev–Trinajstić information content (AvgIpc) is 3.02. The van der Waals surface area contributed by atoms with Crippen molar-refractivity contribution in [1.29, 1.82) is 0 Å². The van der Waals surface area contributed by atoms with Crippen molar-refractivity contribution in [3.63, 3.8) is 0 Å². The van der Waals surface area contributed by atoms with Crippen LogP contribution in [0.5, 0.6) is 5.75 Å². The summed E-state index contributed by atoms with van der Waals surface area (Å²) in [5, 5.41) is 24.5. The number of tetrazole rings is 1. The monoisotopic (exact) mass is 286 g/mol. The van der Waals surface area contributed by atoms with E-state index in [2.05, 4.69) is 25.8 Å². The maximum atomic E-state index is 10.2. The number of methoxy groups -OCH3 is 1. The Morgan fingerprint density at radius 2 is 2.10 bits per heavy atom. The molecule has 8 nitrogen and oxygen atoms in total. The van der Waals surface area contributed by atoms with E-state index in [0.717, 1.165) is 11.3 Å². The number of nitrogens with one attached hydrogen (secondary N) is 1. The zero-order valence-corrected chi connectivity index (χ0v) is 11.3. The van der Waals surface area contributed by atoms with Crippen LogP contribution in [0, 0.1) is 0 Å². The number of aromatic nitrogens is 5. The Morgan fingerprint density at radius 3 is 2.86 bits per heavy atom. The first-order chi connectivity index (χ1) is 10.3. The van der Waals surface area contributed by atoms with Crippen molar-refractivity contribution < 1.29 is 9.84 Å². The van der Waals surface area contributed by atoms with Crippen LogP contribution < -0.4 is 10.1 Å². The molecular formula is C13H14N6O2. The summed E-state index contributed by atoms with van der Waals surface area (Å²) in [5.74, 6) is 1.37. The molecule has 21 heavy (non-hydrogen) atoms. The number of benzene rings is 1. The first-order valence-electron chi connectivity index (χ1n) is 6.36. The molecule has 8 heteroatoms. The van der Waals surface area contributed by atoms with E-state index in [1.165, 1.54) is 4.52 Å². The summed E-state index contributed by atoms with van der Waals surface area (Å²) in [4.78, 5) is 4.03. The van der Waals surface area contributed by atoms with E-state index in [1.807, 2.05) is 24.3 Å². The van der Waals surface area contributed by atoms with Crippen LogP contribution in [0.2, 0.25) is 0 Å².